The van der Waals surface area contributed by atoms with Crippen LogP contribution in [-0.4, -0.2) is 74.4 Å². The summed E-state index contributed by atoms with van der Waals surface area (Å²) in [5.41, 5.74) is 2.12. The molecule has 0 aromatic heterocycles. The topological polar surface area (TPSA) is 70.2 Å². The fourth-order valence-corrected chi connectivity index (χ4v) is 6.97. The lowest BCUT2D eigenvalue weighted by atomic mass is 9.86. The van der Waals surface area contributed by atoms with Gasteiger partial charge in [0.1, 0.15) is 6.61 Å². The minimum Gasteiger partial charge on any atom is -0.445 e. The second kappa shape index (κ2) is 14.6. The van der Waals surface area contributed by atoms with Crippen molar-refractivity contribution in [1.29, 1.82) is 0 Å². The Morgan fingerprint density at radius 2 is 1.49 bits per heavy atom. The smallest absolute Gasteiger partial charge is 0.410 e. The Bertz CT molecular complexity index is 1310. The molecule has 0 radical (unpaired) electrons. The Morgan fingerprint density at radius 3 is 2.07 bits per heavy atom. The zero-order chi connectivity index (χ0) is 29.2. The number of ether oxygens (including phenoxy) is 1. The standard InChI is InChI=1S/C33H43N3O4S/c1-4-36(33(37)40-26-28-14-8-5-9-15-28)30-20-22-35(23-21-30)24-27(2)32(29-16-10-6-11-17-29)25-34(3)41(38,39)31-18-12-7-13-19-31/h5-19,27,30,32H,4,20-26H2,1-3H3. The molecule has 3 aromatic rings. The summed E-state index contributed by atoms with van der Waals surface area (Å²) < 4.78 is 33.7. The van der Waals surface area contributed by atoms with Gasteiger partial charge in [0.2, 0.25) is 10.0 Å². The molecule has 41 heavy (non-hydrogen) atoms. The van der Waals surface area contributed by atoms with Crippen molar-refractivity contribution >= 4 is 16.1 Å². The average Bonchev–Trinajstić information content (AvgIpc) is 3.01. The van der Waals surface area contributed by atoms with Crippen LogP contribution in [0, 0.1) is 5.92 Å². The Balaban J connectivity index is 1.36. The molecule has 220 valence electrons. The normalized spacial score (nSPS) is 16.3. The number of amides is 1. The summed E-state index contributed by atoms with van der Waals surface area (Å²) in [7, 11) is -1.92. The van der Waals surface area contributed by atoms with E-state index >= 15 is 0 Å². The van der Waals surface area contributed by atoms with E-state index in [-0.39, 0.29) is 30.6 Å². The molecule has 2 atom stereocenters. The van der Waals surface area contributed by atoms with Gasteiger partial charge in [0.15, 0.2) is 0 Å². The first-order valence-corrected chi connectivity index (χ1v) is 16.0. The van der Waals surface area contributed by atoms with Crippen molar-refractivity contribution in [1.82, 2.24) is 14.1 Å². The number of piperidine rings is 1. The van der Waals surface area contributed by atoms with Gasteiger partial charge in [0.05, 0.1) is 4.90 Å². The first kappa shape index (κ1) is 30.8. The van der Waals surface area contributed by atoms with E-state index in [4.69, 9.17) is 4.74 Å². The molecular formula is C33H43N3O4S. The van der Waals surface area contributed by atoms with Crippen molar-refractivity contribution in [2.24, 2.45) is 5.92 Å². The van der Waals surface area contributed by atoms with Gasteiger partial charge < -0.3 is 14.5 Å². The van der Waals surface area contributed by atoms with E-state index in [2.05, 4.69) is 24.0 Å². The van der Waals surface area contributed by atoms with E-state index in [1.54, 1.807) is 31.3 Å². The molecule has 2 unspecified atom stereocenters. The maximum atomic E-state index is 13.3. The van der Waals surface area contributed by atoms with E-state index in [0.29, 0.717) is 18.0 Å². The number of nitrogens with zero attached hydrogens (tertiary/aromatic N) is 3. The van der Waals surface area contributed by atoms with Gasteiger partial charge in [-0.3, -0.25) is 0 Å². The summed E-state index contributed by atoms with van der Waals surface area (Å²) in [6.07, 6.45) is 1.52. The predicted molar refractivity (Wildman–Crippen MR) is 163 cm³/mol. The molecule has 0 saturated carbocycles. The number of rotatable bonds is 12. The Hall–Kier alpha value is -3.20. The highest BCUT2D eigenvalue weighted by molar-refractivity contribution is 7.89. The number of likely N-dealkylation sites (N-methyl/N-ethyl adjacent to an activating group) is 1. The highest BCUT2D eigenvalue weighted by atomic mass is 32.2. The SMILES string of the molecule is CCN(C(=O)OCc1ccccc1)C1CCN(CC(C)C(CN(C)S(=O)(=O)c2ccccc2)c2ccccc2)CC1. The molecule has 8 heteroatoms. The first-order chi connectivity index (χ1) is 19.8. The molecule has 1 amide bonds. The number of hydrogen-bond acceptors (Lipinski definition) is 5. The third-order valence-corrected chi connectivity index (χ3v) is 9.98. The Labute approximate surface area is 245 Å². The lowest BCUT2D eigenvalue weighted by Crippen LogP contribution is -2.48. The van der Waals surface area contributed by atoms with Crippen LogP contribution in [0.4, 0.5) is 4.79 Å². The largest absolute Gasteiger partial charge is 0.445 e. The monoisotopic (exact) mass is 577 g/mol. The fourth-order valence-electron chi connectivity index (χ4n) is 5.75. The second-order valence-corrected chi connectivity index (χ2v) is 13.0. The van der Waals surface area contributed by atoms with Gasteiger partial charge in [-0.1, -0.05) is 85.8 Å². The quantitative estimate of drug-likeness (QED) is 0.270. The molecule has 1 aliphatic rings. The van der Waals surface area contributed by atoms with Crippen LogP contribution < -0.4 is 0 Å². The number of carbonyl (C=O) groups is 1. The van der Waals surface area contributed by atoms with Crippen LogP contribution in [0.3, 0.4) is 0 Å². The van der Waals surface area contributed by atoms with Crippen molar-refractivity contribution in [3.8, 4) is 0 Å². The average molecular weight is 578 g/mol. The molecule has 7 nitrogen and oxygen atoms in total. The number of benzene rings is 3. The minimum atomic E-state index is -3.59. The number of likely N-dealkylation sites (tertiary alicyclic amines) is 1. The van der Waals surface area contributed by atoms with Gasteiger partial charge in [-0.15, -0.1) is 0 Å². The number of sulfonamides is 1. The fraction of sp³-hybridized carbons (Fsp3) is 0.424. The molecule has 1 aliphatic heterocycles. The predicted octanol–water partition coefficient (Wildman–Crippen LogP) is 5.85. The maximum Gasteiger partial charge on any atom is 0.410 e. The van der Waals surface area contributed by atoms with Crippen LogP contribution in [0.2, 0.25) is 0 Å². The third kappa shape index (κ3) is 8.18. The van der Waals surface area contributed by atoms with Crippen molar-refractivity contribution < 1.29 is 17.9 Å². The van der Waals surface area contributed by atoms with E-state index in [0.717, 1.165) is 43.6 Å². The number of carbonyl (C=O) groups excluding carboxylic acids is 1. The Morgan fingerprint density at radius 1 is 0.927 bits per heavy atom. The zero-order valence-corrected chi connectivity index (χ0v) is 25.2. The molecule has 0 aliphatic carbocycles. The summed E-state index contributed by atoms with van der Waals surface area (Å²) in [5, 5.41) is 0. The first-order valence-electron chi connectivity index (χ1n) is 14.6. The lowest BCUT2D eigenvalue weighted by molar-refractivity contribution is 0.0600. The molecule has 0 N–H and O–H groups in total. The van der Waals surface area contributed by atoms with Crippen molar-refractivity contribution in [3.05, 3.63) is 102 Å². The molecule has 1 fully saturated rings. The van der Waals surface area contributed by atoms with E-state index < -0.39 is 10.0 Å². The molecule has 0 bridgehead atoms. The van der Waals surface area contributed by atoms with Crippen molar-refractivity contribution in [3.63, 3.8) is 0 Å². The van der Waals surface area contributed by atoms with Gasteiger partial charge in [-0.25, -0.2) is 17.5 Å². The zero-order valence-electron chi connectivity index (χ0n) is 24.4. The summed E-state index contributed by atoms with van der Waals surface area (Å²) in [6.45, 7) is 8.14. The van der Waals surface area contributed by atoms with Crippen LogP contribution >= 0.6 is 0 Å². The van der Waals surface area contributed by atoms with Crippen LogP contribution in [0.15, 0.2) is 95.9 Å². The minimum absolute atomic E-state index is 0.0394. The molecule has 0 spiro atoms. The summed E-state index contributed by atoms with van der Waals surface area (Å²) in [5.74, 6) is 0.262. The third-order valence-electron chi connectivity index (χ3n) is 8.14. The molecule has 3 aromatic carbocycles. The summed E-state index contributed by atoms with van der Waals surface area (Å²) in [6, 6.07) is 28.7. The molecule has 1 heterocycles. The van der Waals surface area contributed by atoms with Crippen LogP contribution in [0.5, 0.6) is 0 Å². The summed E-state index contributed by atoms with van der Waals surface area (Å²) in [4.78, 5) is 17.5. The van der Waals surface area contributed by atoms with Crippen molar-refractivity contribution in [2.45, 2.75) is 50.2 Å². The van der Waals surface area contributed by atoms with Gasteiger partial charge in [-0.2, -0.15) is 0 Å². The molecule has 4 rings (SSSR count). The van der Waals surface area contributed by atoms with Crippen LogP contribution in [0.1, 0.15) is 43.7 Å². The van der Waals surface area contributed by atoms with E-state index in [1.807, 2.05) is 66.4 Å². The van der Waals surface area contributed by atoms with Crippen molar-refractivity contribution in [2.75, 3.05) is 39.8 Å². The van der Waals surface area contributed by atoms with E-state index in [9.17, 15) is 13.2 Å². The highest BCUT2D eigenvalue weighted by Crippen LogP contribution is 2.29. The van der Waals surface area contributed by atoms with Gasteiger partial charge in [-0.05, 0) is 48.9 Å². The Kier molecular flexibility index (Phi) is 11.0. The number of hydrogen-bond donors (Lipinski definition) is 0. The van der Waals surface area contributed by atoms with Gasteiger partial charge >= 0.3 is 6.09 Å². The second-order valence-electron chi connectivity index (χ2n) is 11.0. The van der Waals surface area contributed by atoms with Gasteiger partial charge in [0, 0.05) is 51.7 Å². The highest BCUT2D eigenvalue weighted by Gasteiger charge is 2.31. The van der Waals surface area contributed by atoms with Crippen LogP contribution in [0.25, 0.3) is 0 Å². The molecule has 1 saturated heterocycles. The van der Waals surface area contributed by atoms with Crippen LogP contribution in [-0.2, 0) is 21.4 Å². The maximum absolute atomic E-state index is 13.3. The van der Waals surface area contributed by atoms with Gasteiger partial charge in [0.25, 0.3) is 0 Å². The van der Waals surface area contributed by atoms with E-state index in [1.165, 1.54) is 4.31 Å². The lowest BCUT2D eigenvalue weighted by Gasteiger charge is -2.39. The summed E-state index contributed by atoms with van der Waals surface area (Å²) >= 11 is 0. The molecular weight excluding hydrogens is 534 g/mol.